The molecule has 1 atom stereocenters. The van der Waals surface area contributed by atoms with Gasteiger partial charge in [0.1, 0.15) is 23.2 Å². The van der Waals surface area contributed by atoms with Crippen molar-refractivity contribution in [3.63, 3.8) is 0 Å². The van der Waals surface area contributed by atoms with Crippen molar-refractivity contribution in [3.8, 4) is 5.75 Å². The van der Waals surface area contributed by atoms with Gasteiger partial charge in [0.15, 0.2) is 0 Å². The summed E-state index contributed by atoms with van der Waals surface area (Å²) in [5.41, 5.74) is 7.65. The highest BCUT2D eigenvalue weighted by molar-refractivity contribution is 7.11. The molecule has 5 heteroatoms. The Hall–Kier alpha value is -1.46. The lowest BCUT2D eigenvalue weighted by molar-refractivity contribution is 0.299. The third-order valence-corrected chi connectivity index (χ3v) is 3.94. The van der Waals surface area contributed by atoms with E-state index in [-0.39, 0.29) is 11.9 Å². The van der Waals surface area contributed by atoms with Crippen LogP contribution in [0, 0.1) is 19.7 Å². The minimum atomic E-state index is -0.328. The summed E-state index contributed by atoms with van der Waals surface area (Å²) in [6, 6.07) is 4.22. The minimum Gasteiger partial charge on any atom is -0.486 e. The molecule has 0 radical (unpaired) electrons. The number of hydrogen-bond acceptors (Lipinski definition) is 4. The van der Waals surface area contributed by atoms with Gasteiger partial charge in [-0.1, -0.05) is 6.07 Å². The Balaban J connectivity index is 2.16. The number of aryl methyl sites for hydroxylation is 2. The van der Waals surface area contributed by atoms with Crippen molar-refractivity contribution in [2.45, 2.75) is 33.4 Å². The molecule has 1 aromatic carbocycles. The van der Waals surface area contributed by atoms with Crippen LogP contribution in [0.15, 0.2) is 18.2 Å². The van der Waals surface area contributed by atoms with E-state index in [9.17, 15) is 4.39 Å². The van der Waals surface area contributed by atoms with E-state index in [2.05, 4.69) is 4.98 Å². The van der Waals surface area contributed by atoms with Gasteiger partial charge in [-0.2, -0.15) is 0 Å². The summed E-state index contributed by atoms with van der Waals surface area (Å²) in [7, 11) is 0. The van der Waals surface area contributed by atoms with Gasteiger partial charge in [0.05, 0.1) is 5.69 Å². The lowest BCUT2D eigenvalue weighted by Crippen LogP contribution is -2.08. The van der Waals surface area contributed by atoms with E-state index >= 15 is 0 Å². The van der Waals surface area contributed by atoms with Gasteiger partial charge in [-0.3, -0.25) is 0 Å². The molecule has 0 aliphatic rings. The van der Waals surface area contributed by atoms with Crippen LogP contribution in [0.3, 0.4) is 0 Å². The molecule has 19 heavy (non-hydrogen) atoms. The third-order valence-electron chi connectivity index (χ3n) is 2.89. The molecule has 0 aliphatic carbocycles. The van der Waals surface area contributed by atoms with Crippen molar-refractivity contribution in [2.75, 3.05) is 0 Å². The van der Waals surface area contributed by atoms with Gasteiger partial charge in [0.25, 0.3) is 0 Å². The molecule has 2 aromatic rings. The molecular weight excluding hydrogens is 263 g/mol. The normalized spacial score (nSPS) is 12.5. The van der Waals surface area contributed by atoms with Crippen LogP contribution in [-0.2, 0) is 6.61 Å². The van der Waals surface area contributed by atoms with E-state index in [1.807, 2.05) is 20.8 Å². The van der Waals surface area contributed by atoms with Crippen LogP contribution in [0.4, 0.5) is 4.39 Å². The Morgan fingerprint density at radius 2 is 2.16 bits per heavy atom. The predicted octanol–water partition coefficient (Wildman–Crippen LogP) is 3.50. The van der Waals surface area contributed by atoms with Gasteiger partial charge >= 0.3 is 0 Å². The van der Waals surface area contributed by atoms with Gasteiger partial charge in [-0.05, 0) is 26.8 Å². The number of nitrogens with zero attached hydrogens (tertiary/aromatic N) is 1. The molecule has 0 bridgehead atoms. The Morgan fingerprint density at radius 3 is 2.74 bits per heavy atom. The molecule has 0 fully saturated rings. The summed E-state index contributed by atoms with van der Waals surface area (Å²) in [6.07, 6.45) is 0. The number of hydrogen-bond donors (Lipinski definition) is 1. The standard InChI is InChI=1S/C14H17FN2OS/c1-8(16)12-5-4-11(15)6-13(12)18-7-14-17-9(2)10(3)19-14/h4-6,8H,7,16H2,1-3H3/t8-/m1/s1. The Kier molecular flexibility index (Phi) is 4.17. The number of halogens is 1. The molecule has 2 N–H and O–H groups in total. The van der Waals surface area contributed by atoms with E-state index in [0.717, 1.165) is 16.3 Å². The fourth-order valence-corrected chi connectivity index (χ4v) is 2.60. The average Bonchev–Trinajstić information content (AvgIpc) is 2.66. The quantitative estimate of drug-likeness (QED) is 0.932. The maximum Gasteiger partial charge on any atom is 0.140 e. The first kappa shape index (κ1) is 14.0. The Bertz CT molecular complexity index is 561. The van der Waals surface area contributed by atoms with Crippen molar-refractivity contribution in [2.24, 2.45) is 5.73 Å². The van der Waals surface area contributed by atoms with Gasteiger partial charge in [-0.15, -0.1) is 11.3 Å². The number of aromatic nitrogens is 1. The highest BCUT2D eigenvalue weighted by atomic mass is 32.1. The van der Waals surface area contributed by atoms with Crippen molar-refractivity contribution in [1.29, 1.82) is 0 Å². The molecule has 1 heterocycles. The van der Waals surface area contributed by atoms with Crippen LogP contribution in [0.1, 0.15) is 34.1 Å². The third kappa shape index (κ3) is 3.30. The van der Waals surface area contributed by atoms with Crippen molar-refractivity contribution in [3.05, 3.63) is 45.2 Å². The first-order valence-electron chi connectivity index (χ1n) is 6.08. The van der Waals surface area contributed by atoms with Crippen LogP contribution >= 0.6 is 11.3 Å². The van der Waals surface area contributed by atoms with Gasteiger partial charge in [0.2, 0.25) is 0 Å². The smallest absolute Gasteiger partial charge is 0.140 e. The largest absolute Gasteiger partial charge is 0.486 e. The summed E-state index contributed by atoms with van der Waals surface area (Å²) >= 11 is 1.59. The zero-order valence-electron chi connectivity index (χ0n) is 11.2. The number of ether oxygens (including phenoxy) is 1. The first-order chi connectivity index (χ1) is 8.97. The molecule has 0 amide bonds. The Morgan fingerprint density at radius 1 is 1.42 bits per heavy atom. The zero-order chi connectivity index (χ0) is 14.0. The summed E-state index contributed by atoms with van der Waals surface area (Å²) in [4.78, 5) is 5.56. The van der Waals surface area contributed by atoms with Crippen LogP contribution < -0.4 is 10.5 Å². The lowest BCUT2D eigenvalue weighted by atomic mass is 10.1. The van der Waals surface area contributed by atoms with Crippen LogP contribution in [0.25, 0.3) is 0 Å². The molecule has 0 aliphatic heterocycles. The van der Waals surface area contributed by atoms with E-state index in [1.54, 1.807) is 17.4 Å². The summed E-state index contributed by atoms with van der Waals surface area (Å²) in [5, 5.41) is 0.884. The van der Waals surface area contributed by atoms with E-state index in [4.69, 9.17) is 10.5 Å². The molecule has 2 rings (SSSR count). The zero-order valence-corrected chi connectivity index (χ0v) is 12.1. The number of benzene rings is 1. The second-order valence-corrected chi connectivity index (χ2v) is 5.80. The van der Waals surface area contributed by atoms with E-state index < -0.39 is 0 Å². The van der Waals surface area contributed by atoms with E-state index in [0.29, 0.717) is 12.4 Å². The predicted molar refractivity (Wildman–Crippen MR) is 74.9 cm³/mol. The topological polar surface area (TPSA) is 48.1 Å². The first-order valence-corrected chi connectivity index (χ1v) is 6.89. The molecule has 3 nitrogen and oxygen atoms in total. The lowest BCUT2D eigenvalue weighted by Gasteiger charge is -2.13. The van der Waals surface area contributed by atoms with Gasteiger partial charge < -0.3 is 10.5 Å². The maximum absolute atomic E-state index is 13.3. The molecule has 0 saturated carbocycles. The molecule has 102 valence electrons. The molecule has 0 saturated heterocycles. The van der Waals surface area contributed by atoms with Crippen molar-refractivity contribution in [1.82, 2.24) is 4.98 Å². The number of rotatable bonds is 4. The average molecular weight is 280 g/mol. The molecular formula is C14H17FN2OS. The summed E-state index contributed by atoms with van der Waals surface area (Å²) in [5.74, 6) is 0.159. The fraction of sp³-hybridized carbons (Fsp3) is 0.357. The van der Waals surface area contributed by atoms with Gasteiger partial charge in [0, 0.05) is 22.5 Å². The van der Waals surface area contributed by atoms with Gasteiger partial charge in [-0.25, -0.2) is 9.37 Å². The molecule has 1 aromatic heterocycles. The SMILES string of the molecule is Cc1nc(COc2cc(F)ccc2[C@@H](C)N)sc1C. The molecule has 0 unspecified atom stereocenters. The van der Waals surface area contributed by atoms with Crippen molar-refractivity contribution < 1.29 is 9.13 Å². The van der Waals surface area contributed by atoms with Crippen LogP contribution in [0.5, 0.6) is 5.75 Å². The minimum absolute atomic E-state index is 0.199. The number of nitrogens with two attached hydrogens (primary N) is 1. The summed E-state index contributed by atoms with van der Waals surface area (Å²) in [6.45, 7) is 6.16. The molecule has 0 spiro atoms. The number of thiazole rings is 1. The van der Waals surface area contributed by atoms with Crippen molar-refractivity contribution >= 4 is 11.3 Å². The fourth-order valence-electron chi connectivity index (χ4n) is 1.75. The van der Waals surface area contributed by atoms with E-state index in [1.165, 1.54) is 17.0 Å². The summed E-state index contributed by atoms with van der Waals surface area (Å²) < 4.78 is 18.9. The second kappa shape index (κ2) is 5.67. The van der Waals surface area contributed by atoms with Crippen LogP contribution in [0.2, 0.25) is 0 Å². The second-order valence-electron chi connectivity index (χ2n) is 4.51. The highest BCUT2D eigenvalue weighted by Crippen LogP contribution is 2.26. The maximum atomic E-state index is 13.3. The van der Waals surface area contributed by atoms with Crippen LogP contribution in [-0.4, -0.2) is 4.98 Å². The monoisotopic (exact) mass is 280 g/mol. The Labute approximate surface area is 116 Å². The highest BCUT2D eigenvalue weighted by Gasteiger charge is 2.11.